The largest absolute Gasteiger partial charge is 0.358 e. The van der Waals surface area contributed by atoms with Crippen LogP contribution in [0.4, 0.5) is 5.69 Å². The Morgan fingerprint density at radius 2 is 2.08 bits per heavy atom. The molecule has 1 aliphatic rings. The lowest BCUT2D eigenvalue weighted by Crippen LogP contribution is -2.50. The average Bonchev–Trinajstić information content (AvgIpc) is 3.01. The van der Waals surface area contributed by atoms with Crippen molar-refractivity contribution in [1.29, 1.82) is 0 Å². The third-order valence-corrected chi connectivity index (χ3v) is 5.05. The van der Waals surface area contributed by atoms with Crippen LogP contribution in [-0.4, -0.2) is 50.4 Å². The highest BCUT2D eigenvalue weighted by molar-refractivity contribution is 6.33. The van der Waals surface area contributed by atoms with E-state index in [1.165, 1.54) is 6.20 Å². The summed E-state index contributed by atoms with van der Waals surface area (Å²) in [6.45, 7) is 1.81. The summed E-state index contributed by atoms with van der Waals surface area (Å²) >= 11 is 6.05. The number of carbonyl (C=O) groups excluding carboxylic acids is 1. The predicted octanol–water partition coefficient (Wildman–Crippen LogP) is 1.16. The van der Waals surface area contributed by atoms with Crippen LogP contribution in [0.2, 0.25) is 5.02 Å². The number of aryl methyl sites for hydroxylation is 1. The fourth-order valence-corrected chi connectivity index (χ4v) is 3.47. The van der Waals surface area contributed by atoms with Gasteiger partial charge in [0.05, 0.1) is 30.1 Å². The lowest BCUT2D eigenvalue weighted by Gasteiger charge is -2.35. The highest BCUT2D eigenvalue weighted by atomic mass is 35.5. The van der Waals surface area contributed by atoms with Crippen LogP contribution in [0.15, 0.2) is 35.4 Å². The SMILES string of the molecule is Cn1ncc2c(CN3CCN(c4cn[nH]c(=O)c4Cl)CC3=O)cccc21. The van der Waals surface area contributed by atoms with Crippen molar-refractivity contribution < 1.29 is 4.79 Å². The lowest BCUT2D eigenvalue weighted by atomic mass is 10.1. The van der Waals surface area contributed by atoms with Crippen LogP contribution >= 0.6 is 11.6 Å². The Labute approximate surface area is 154 Å². The number of carbonyl (C=O) groups is 1. The van der Waals surface area contributed by atoms with Gasteiger partial charge in [0.1, 0.15) is 5.02 Å². The first kappa shape index (κ1) is 16.6. The van der Waals surface area contributed by atoms with Gasteiger partial charge in [0.25, 0.3) is 5.56 Å². The number of rotatable bonds is 3. The summed E-state index contributed by atoms with van der Waals surface area (Å²) in [6, 6.07) is 6.00. The van der Waals surface area contributed by atoms with Gasteiger partial charge in [0.2, 0.25) is 5.91 Å². The number of H-pyrrole nitrogens is 1. The van der Waals surface area contributed by atoms with Gasteiger partial charge in [0.15, 0.2) is 0 Å². The van der Waals surface area contributed by atoms with E-state index < -0.39 is 5.56 Å². The van der Waals surface area contributed by atoms with Crippen molar-refractivity contribution in [3.8, 4) is 0 Å². The summed E-state index contributed by atoms with van der Waals surface area (Å²) in [5.41, 5.74) is 2.13. The number of hydrogen-bond donors (Lipinski definition) is 1. The Balaban J connectivity index is 1.53. The molecule has 1 aromatic carbocycles. The minimum absolute atomic E-state index is 0.0199. The second-order valence-electron chi connectivity index (χ2n) is 6.25. The summed E-state index contributed by atoms with van der Waals surface area (Å²) in [5.74, 6) is -0.0199. The van der Waals surface area contributed by atoms with Crippen LogP contribution in [0.3, 0.4) is 0 Å². The molecule has 2 aromatic heterocycles. The van der Waals surface area contributed by atoms with Crippen molar-refractivity contribution in [2.24, 2.45) is 7.05 Å². The topological polar surface area (TPSA) is 87.1 Å². The molecule has 3 aromatic rings. The van der Waals surface area contributed by atoms with Gasteiger partial charge in [-0.3, -0.25) is 14.3 Å². The van der Waals surface area contributed by atoms with Crippen LogP contribution in [0.25, 0.3) is 10.9 Å². The van der Waals surface area contributed by atoms with Crippen molar-refractivity contribution in [2.75, 3.05) is 24.5 Å². The minimum atomic E-state index is -0.456. The van der Waals surface area contributed by atoms with Crippen LogP contribution in [0, 0.1) is 0 Å². The molecule has 26 heavy (non-hydrogen) atoms. The molecule has 1 amide bonds. The number of aromatic amines is 1. The van der Waals surface area contributed by atoms with Crippen LogP contribution in [0.1, 0.15) is 5.56 Å². The van der Waals surface area contributed by atoms with E-state index in [1.54, 1.807) is 4.90 Å². The van der Waals surface area contributed by atoms with Crippen LogP contribution < -0.4 is 10.5 Å². The molecular formula is C17H17ClN6O2. The van der Waals surface area contributed by atoms with E-state index in [2.05, 4.69) is 15.3 Å². The fourth-order valence-electron chi connectivity index (χ4n) is 3.26. The van der Waals surface area contributed by atoms with Crippen LogP contribution in [-0.2, 0) is 18.4 Å². The summed E-state index contributed by atoms with van der Waals surface area (Å²) in [6.07, 6.45) is 3.30. The monoisotopic (exact) mass is 372 g/mol. The number of fused-ring (bicyclic) bond motifs is 1. The van der Waals surface area contributed by atoms with Crippen LogP contribution in [0.5, 0.6) is 0 Å². The van der Waals surface area contributed by atoms with Gasteiger partial charge in [-0.1, -0.05) is 23.7 Å². The smallest absolute Gasteiger partial charge is 0.285 e. The normalized spacial score (nSPS) is 15.1. The Bertz CT molecular complexity index is 1040. The van der Waals surface area contributed by atoms with Crippen molar-refractivity contribution in [3.63, 3.8) is 0 Å². The number of hydrogen-bond acceptors (Lipinski definition) is 5. The maximum absolute atomic E-state index is 12.6. The van der Waals surface area contributed by atoms with E-state index in [1.807, 2.05) is 41.0 Å². The van der Waals surface area contributed by atoms with Crippen molar-refractivity contribution in [3.05, 3.63) is 51.5 Å². The third kappa shape index (κ3) is 2.82. The molecule has 0 radical (unpaired) electrons. The first-order chi connectivity index (χ1) is 12.5. The summed E-state index contributed by atoms with van der Waals surface area (Å²) in [4.78, 5) is 27.8. The van der Waals surface area contributed by atoms with Crippen molar-refractivity contribution in [2.45, 2.75) is 6.54 Å². The van der Waals surface area contributed by atoms with E-state index in [4.69, 9.17) is 11.6 Å². The molecule has 0 unspecified atom stereocenters. The average molecular weight is 373 g/mol. The minimum Gasteiger partial charge on any atom is -0.358 e. The molecular weight excluding hydrogens is 356 g/mol. The quantitative estimate of drug-likeness (QED) is 0.745. The van der Waals surface area contributed by atoms with E-state index in [9.17, 15) is 9.59 Å². The Morgan fingerprint density at radius 3 is 2.88 bits per heavy atom. The number of halogens is 1. The zero-order chi connectivity index (χ0) is 18.3. The van der Waals surface area contributed by atoms with E-state index in [-0.39, 0.29) is 17.5 Å². The van der Waals surface area contributed by atoms with Gasteiger partial charge >= 0.3 is 0 Å². The molecule has 1 fully saturated rings. The molecule has 0 atom stereocenters. The summed E-state index contributed by atoms with van der Waals surface area (Å²) in [7, 11) is 1.90. The number of anilines is 1. The molecule has 0 spiro atoms. The molecule has 0 aliphatic carbocycles. The highest BCUT2D eigenvalue weighted by Gasteiger charge is 2.26. The van der Waals surface area contributed by atoms with Gasteiger partial charge in [-0.25, -0.2) is 5.10 Å². The highest BCUT2D eigenvalue weighted by Crippen LogP contribution is 2.24. The molecule has 1 N–H and O–H groups in total. The molecule has 0 bridgehead atoms. The zero-order valence-corrected chi connectivity index (χ0v) is 14.9. The lowest BCUT2D eigenvalue weighted by molar-refractivity contribution is -0.131. The second-order valence-corrected chi connectivity index (χ2v) is 6.63. The van der Waals surface area contributed by atoms with E-state index >= 15 is 0 Å². The Kier molecular flexibility index (Phi) is 4.12. The zero-order valence-electron chi connectivity index (χ0n) is 14.1. The molecule has 9 heteroatoms. The van der Waals surface area contributed by atoms with Gasteiger partial charge in [0, 0.05) is 32.1 Å². The summed E-state index contributed by atoms with van der Waals surface area (Å²) in [5, 5.41) is 11.4. The van der Waals surface area contributed by atoms with Gasteiger partial charge in [-0.05, 0) is 11.6 Å². The maximum Gasteiger partial charge on any atom is 0.285 e. The van der Waals surface area contributed by atoms with E-state index in [0.29, 0.717) is 25.3 Å². The van der Waals surface area contributed by atoms with E-state index in [0.717, 1.165) is 16.5 Å². The molecule has 1 saturated heterocycles. The molecule has 1 aliphatic heterocycles. The Hall–Kier alpha value is -2.87. The van der Waals surface area contributed by atoms with Crippen molar-refractivity contribution in [1.82, 2.24) is 24.9 Å². The van der Waals surface area contributed by atoms with Gasteiger partial charge in [-0.15, -0.1) is 0 Å². The fraction of sp³-hybridized carbons (Fsp3) is 0.294. The number of nitrogens with one attached hydrogen (secondary N) is 1. The number of piperazine rings is 1. The predicted molar refractivity (Wildman–Crippen MR) is 98.2 cm³/mol. The molecule has 3 heterocycles. The third-order valence-electron chi connectivity index (χ3n) is 4.68. The number of nitrogens with zero attached hydrogens (tertiary/aromatic N) is 5. The molecule has 0 saturated carbocycles. The molecule has 8 nitrogen and oxygen atoms in total. The maximum atomic E-state index is 12.6. The van der Waals surface area contributed by atoms with Gasteiger partial charge < -0.3 is 9.80 Å². The Morgan fingerprint density at radius 1 is 1.23 bits per heavy atom. The number of benzene rings is 1. The molecule has 4 rings (SSSR count). The molecule has 134 valence electrons. The standard InChI is InChI=1S/C17H17ClN6O2/c1-22-13-4-2-3-11(12(13)7-20-22)9-24-6-5-23(10-15(24)25)14-8-19-21-17(26)16(14)18/h2-4,7-8H,5-6,9-10H2,1H3,(H,21,26). The first-order valence-electron chi connectivity index (χ1n) is 8.20. The number of aromatic nitrogens is 4. The van der Waals surface area contributed by atoms with Crippen molar-refractivity contribution >= 4 is 34.1 Å². The first-order valence-corrected chi connectivity index (χ1v) is 8.58. The van der Waals surface area contributed by atoms with Gasteiger partial charge in [-0.2, -0.15) is 10.2 Å². The number of amides is 1. The second kappa shape index (κ2) is 6.45. The summed E-state index contributed by atoms with van der Waals surface area (Å²) < 4.78 is 1.82.